The van der Waals surface area contributed by atoms with E-state index >= 15 is 0 Å². The molecular weight excluding hydrogens is 352 g/mol. The Hall–Kier alpha value is -2.02. The lowest BCUT2D eigenvalue weighted by molar-refractivity contribution is -0.167. The van der Waals surface area contributed by atoms with Crippen molar-refractivity contribution in [2.45, 2.75) is 71.3 Å². The molecule has 2 fully saturated rings. The second kappa shape index (κ2) is 6.79. The average molecular weight is 383 g/mol. The molecule has 4 aliphatic carbocycles. The second-order valence-corrected chi connectivity index (χ2v) is 9.28. The number of terminal acetylenes is 1. The number of rotatable bonds is 2. The minimum Gasteiger partial charge on any atom is -0.445 e. The molecule has 0 aromatic carbocycles. The van der Waals surface area contributed by atoms with E-state index in [1.165, 1.54) is 19.4 Å². The molecule has 150 valence electrons. The number of carbonyl (C=O) groups excluding carboxylic acids is 2. The number of ether oxygens (including phenoxy) is 2. The van der Waals surface area contributed by atoms with Crippen LogP contribution >= 0.6 is 0 Å². The van der Waals surface area contributed by atoms with Gasteiger partial charge < -0.3 is 9.47 Å². The quantitative estimate of drug-likeness (QED) is 0.519. The number of carbonyl (C=O) groups is 2. The summed E-state index contributed by atoms with van der Waals surface area (Å²) in [4.78, 5) is 23.1. The summed E-state index contributed by atoms with van der Waals surface area (Å²) in [6.45, 7) is 5.18. The van der Waals surface area contributed by atoms with Crippen LogP contribution in [0.3, 0.4) is 0 Å². The summed E-state index contributed by atoms with van der Waals surface area (Å²) >= 11 is 0. The van der Waals surface area contributed by atoms with Crippen LogP contribution in [0.4, 0.5) is 0 Å². The smallest absolute Gasteiger partial charge is 0.307 e. The van der Waals surface area contributed by atoms with Gasteiger partial charge in [-0.05, 0) is 73.8 Å². The molecular formula is C24H30O4. The molecule has 0 aromatic heterocycles. The van der Waals surface area contributed by atoms with Gasteiger partial charge in [0.25, 0.3) is 0 Å². The highest BCUT2D eigenvalue weighted by atomic mass is 16.6. The van der Waals surface area contributed by atoms with Gasteiger partial charge in [0.15, 0.2) is 5.60 Å². The molecule has 2 saturated carbocycles. The van der Waals surface area contributed by atoms with Gasteiger partial charge in [-0.1, -0.05) is 18.9 Å². The molecule has 6 atom stereocenters. The van der Waals surface area contributed by atoms with E-state index in [0.29, 0.717) is 23.7 Å². The van der Waals surface area contributed by atoms with Crippen molar-refractivity contribution in [3.05, 3.63) is 23.5 Å². The van der Waals surface area contributed by atoms with Crippen LogP contribution in [0.25, 0.3) is 0 Å². The highest BCUT2D eigenvalue weighted by molar-refractivity contribution is 5.68. The summed E-state index contributed by atoms with van der Waals surface area (Å²) < 4.78 is 11.2. The van der Waals surface area contributed by atoms with Crippen LogP contribution in [0.1, 0.15) is 65.7 Å². The lowest BCUT2D eigenvalue weighted by Gasteiger charge is -2.54. The molecule has 0 spiro atoms. The van der Waals surface area contributed by atoms with Crippen molar-refractivity contribution in [1.82, 2.24) is 0 Å². The number of hydrogen-bond donors (Lipinski definition) is 0. The normalized spacial score (nSPS) is 41.4. The van der Waals surface area contributed by atoms with Crippen molar-refractivity contribution >= 4 is 11.9 Å². The summed E-state index contributed by atoms with van der Waals surface area (Å²) in [5.41, 5.74) is 0.439. The Morgan fingerprint density at radius 1 is 1.14 bits per heavy atom. The maximum Gasteiger partial charge on any atom is 0.307 e. The lowest BCUT2D eigenvalue weighted by Crippen LogP contribution is -2.53. The number of fused-ring (bicyclic) bond motifs is 5. The van der Waals surface area contributed by atoms with Crippen molar-refractivity contribution in [1.29, 1.82) is 0 Å². The maximum atomic E-state index is 11.8. The second-order valence-electron chi connectivity index (χ2n) is 9.28. The first-order valence-corrected chi connectivity index (χ1v) is 10.6. The van der Waals surface area contributed by atoms with Gasteiger partial charge in [-0.15, -0.1) is 6.42 Å². The Balaban J connectivity index is 1.61. The molecule has 4 aliphatic rings. The predicted molar refractivity (Wildman–Crippen MR) is 106 cm³/mol. The largest absolute Gasteiger partial charge is 0.445 e. The zero-order chi connectivity index (χ0) is 20.1. The Kier molecular flexibility index (Phi) is 4.68. The zero-order valence-electron chi connectivity index (χ0n) is 17.1. The van der Waals surface area contributed by atoms with Gasteiger partial charge in [0, 0.05) is 25.7 Å². The van der Waals surface area contributed by atoms with Gasteiger partial charge in [0.1, 0.15) is 5.76 Å². The van der Waals surface area contributed by atoms with Crippen molar-refractivity contribution in [2.24, 2.45) is 29.1 Å². The lowest BCUT2D eigenvalue weighted by atomic mass is 9.51. The molecule has 0 amide bonds. The van der Waals surface area contributed by atoms with Gasteiger partial charge >= 0.3 is 11.9 Å². The highest BCUT2D eigenvalue weighted by Crippen LogP contribution is 2.65. The third-order valence-electron chi connectivity index (χ3n) is 8.04. The number of hydrogen-bond acceptors (Lipinski definition) is 4. The summed E-state index contributed by atoms with van der Waals surface area (Å²) in [5.74, 6) is 5.44. The highest BCUT2D eigenvalue weighted by Gasteiger charge is 2.64. The summed E-state index contributed by atoms with van der Waals surface area (Å²) in [5, 5.41) is 0. The van der Waals surface area contributed by atoms with E-state index in [1.807, 2.05) is 0 Å². The van der Waals surface area contributed by atoms with E-state index in [-0.39, 0.29) is 17.4 Å². The summed E-state index contributed by atoms with van der Waals surface area (Å²) in [6.07, 6.45) is 17.2. The van der Waals surface area contributed by atoms with Crippen LogP contribution < -0.4 is 0 Å². The van der Waals surface area contributed by atoms with Gasteiger partial charge in [0.2, 0.25) is 0 Å². The van der Waals surface area contributed by atoms with E-state index in [0.717, 1.165) is 50.7 Å². The fraction of sp³-hybridized carbons (Fsp3) is 0.667. The Morgan fingerprint density at radius 3 is 2.61 bits per heavy atom. The van der Waals surface area contributed by atoms with E-state index in [2.05, 4.69) is 25.0 Å². The van der Waals surface area contributed by atoms with Crippen LogP contribution in [0.5, 0.6) is 0 Å². The summed E-state index contributed by atoms with van der Waals surface area (Å²) in [7, 11) is 0. The van der Waals surface area contributed by atoms with Crippen molar-refractivity contribution in [3.63, 3.8) is 0 Å². The molecule has 4 heteroatoms. The zero-order valence-corrected chi connectivity index (χ0v) is 17.1. The van der Waals surface area contributed by atoms with Gasteiger partial charge in [-0.3, -0.25) is 9.59 Å². The molecule has 28 heavy (non-hydrogen) atoms. The van der Waals surface area contributed by atoms with Crippen LogP contribution in [-0.4, -0.2) is 17.5 Å². The molecule has 0 radical (unpaired) electrons. The van der Waals surface area contributed by atoms with Gasteiger partial charge in [0.05, 0.1) is 0 Å². The van der Waals surface area contributed by atoms with Crippen molar-refractivity contribution in [2.75, 3.05) is 0 Å². The SMILES string of the molecule is C#C[C@]1(OC(C)=O)CC[C@@H]2[C@@H]3CC=C4C=C(OC(C)=O)CC[C@H]4[C@H]3CC[C@@]21C. The predicted octanol–water partition coefficient (Wildman–Crippen LogP) is 4.55. The minimum absolute atomic E-state index is 0.145. The molecule has 0 aliphatic heterocycles. The van der Waals surface area contributed by atoms with Gasteiger partial charge in [-0.25, -0.2) is 0 Å². The van der Waals surface area contributed by atoms with Crippen LogP contribution in [-0.2, 0) is 19.1 Å². The molecule has 4 rings (SSSR count). The van der Waals surface area contributed by atoms with Crippen molar-refractivity contribution < 1.29 is 19.1 Å². The molecule has 0 saturated heterocycles. The van der Waals surface area contributed by atoms with Crippen molar-refractivity contribution in [3.8, 4) is 12.3 Å². The Morgan fingerprint density at radius 2 is 1.93 bits per heavy atom. The van der Waals surface area contributed by atoms with E-state index < -0.39 is 5.60 Å². The fourth-order valence-electron chi connectivity index (χ4n) is 6.87. The van der Waals surface area contributed by atoms with Gasteiger partial charge in [-0.2, -0.15) is 0 Å². The number of allylic oxidation sites excluding steroid dienone is 4. The number of esters is 2. The fourth-order valence-corrected chi connectivity index (χ4v) is 6.87. The van der Waals surface area contributed by atoms with Crippen LogP contribution in [0, 0.1) is 41.4 Å². The molecule has 0 unspecified atom stereocenters. The third kappa shape index (κ3) is 2.82. The molecule has 0 bridgehead atoms. The average Bonchev–Trinajstić information content (AvgIpc) is 2.93. The standard InChI is InChI=1S/C24H30O4/c1-5-24(28-16(3)26)13-11-22-21-8-6-17-14-18(27-15(2)25)7-9-19(17)20(21)10-12-23(22,24)4/h1,6,14,19-22H,7-13H2,2-4H3/t19-,20-,21-,22-,23+,24+/m1/s1. The maximum absolute atomic E-state index is 11.8. The van der Waals surface area contributed by atoms with E-state index in [4.69, 9.17) is 15.9 Å². The molecule has 0 heterocycles. The monoisotopic (exact) mass is 382 g/mol. The van der Waals surface area contributed by atoms with Crippen LogP contribution in [0.15, 0.2) is 23.5 Å². The molecule has 0 aromatic rings. The van der Waals surface area contributed by atoms with E-state index in [9.17, 15) is 9.59 Å². The minimum atomic E-state index is -0.757. The first-order valence-electron chi connectivity index (χ1n) is 10.6. The Bertz CT molecular complexity index is 800. The first-order chi connectivity index (χ1) is 13.3. The topological polar surface area (TPSA) is 52.6 Å². The van der Waals surface area contributed by atoms with Crippen LogP contribution in [0.2, 0.25) is 0 Å². The molecule has 0 N–H and O–H groups in total. The molecule has 4 nitrogen and oxygen atoms in total. The van der Waals surface area contributed by atoms with E-state index in [1.54, 1.807) is 0 Å². The third-order valence-corrected chi connectivity index (χ3v) is 8.04. The summed E-state index contributed by atoms with van der Waals surface area (Å²) in [6, 6.07) is 0. The Labute approximate surface area is 167 Å². The first kappa shape index (κ1) is 19.3.